The number of benzene rings is 1. The Kier molecular flexibility index (Phi) is 5.55. The number of nitrogens with zero attached hydrogens (tertiary/aromatic N) is 4. The van der Waals surface area contributed by atoms with Gasteiger partial charge in [-0.05, 0) is 44.1 Å². The number of methoxy groups -OCH3 is 1. The van der Waals surface area contributed by atoms with Crippen LogP contribution in [0.3, 0.4) is 0 Å². The van der Waals surface area contributed by atoms with E-state index in [0.29, 0.717) is 29.1 Å². The molecule has 1 aliphatic heterocycles. The molecule has 0 unspecified atom stereocenters. The topological polar surface area (TPSA) is 72.3 Å². The number of piperidine rings is 1. The molecule has 1 aromatic carbocycles. The molecule has 0 atom stereocenters. The van der Waals surface area contributed by atoms with Crippen molar-refractivity contribution in [2.75, 3.05) is 27.2 Å². The van der Waals surface area contributed by atoms with E-state index in [0.717, 1.165) is 31.5 Å². The van der Waals surface area contributed by atoms with Crippen molar-refractivity contribution >= 4 is 17.5 Å². The van der Waals surface area contributed by atoms with Gasteiger partial charge in [0.1, 0.15) is 5.75 Å². The Morgan fingerprint density at radius 1 is 1.44 bits per heavy atom. The number of ether oxygens (including phenoxy) is 1. The summed E-state index contributed by atoms with van der Waals surface area (Å²) in [6.45, 7) is 2.30. The second-order valence-corrected chi connectivity index (χ2v) is 6.62. The van der Waals surface area contributed by atoms with Crippen molar-refractivity contribution in [2.24, 2.45) is 0 Å². The molecule has 1 aromatic heterocycles. The molecule has 2 heterocycles. The Labute approximate surface area is 151 Å². The molecule has 1 amide bonds. The second kappa shape index (κ2) is 7.84. The van der Waals surface area contributed by atoms with Crippen LogP contribution >= 0.6 is 11.6 Å². The number of carbonyl (C=O) groups is 1. The van der Waals surface area contributed by atoms with Crippen LogP contribution in [-0.2, 0) is 6.54 Å². The van der Waals surface area contributed by atoms with E-state index in [1.54, 1.807) is 43.5 Å². The lowest BCUT2D eigenvalue weighted by atomic mass is 10.1. The number of hydrogen-bond donors (Lipinski definition) is 1. The fraction of sp³-hybridized carbons (Fsp3) is 0.471. The molecule has 8 heteroatoms. The quantitative estimate of drug-likeness (QED) is 0.881. The van der Waals surface area contributed by atoms with Gasteiger partial charge in [0, 0.05) is 24.2 Å². The maximum absolute atomic E-state index is 12.7. The fourth-order valence-corrected chi connectivity index (χ4v) is 3.21. The molecule has 1 saturated heterocycles. The van der Waals surface area contributed by atoms with Crippen LogP contribution in [0.5, 0.6) is 5.75 Å². The van der Waals surface area contributed by atoms with Gasteiger partial charge in [-0.3, -0.25) is 4.79 Å². The Balaban J connectivity index is 1.70. The third-order valence-corrected chi connectivity index (χ3v) is 4.64. The molecule has 0 aliphatic carbocycles. The molecule has 25 heavy (non-hydrogen) atoms. The second-order valence-electron chi connectivity index (χ2n) is 6.18. The molecule has 1 N–H and O–H groups in total. The number of carbonyl (C=O) groups excluding carboxylic acids is 1. The predicted molar refractivity (Wildman–Crippen MR) is 95.0 cm³/mol. The summed E-state index contributed by atoms with van der Waals surface area (Å²) in [5.41, 5.74) is 1.19. The highest BCUT2D eigenvalue weighted by Gasteiger charge is 2.21. The van der Waals surface area contributed by atoms with Crippen LogP contribution in [0.2, 0.25) is 5.02 Å². The van der Waals surface area contributed by atoms with E-state index in [9.17, 15) is 4.79 Å². The van der Waals surface area contributed by atoms with Gasteiger partial charge in [-0.1, -0.05) is 16.8 Å². The van der Waals surface area contributed by atoms with Crippen molar-refractivity contribution in [1.82, 2.24) is 25.2 Å². The van der Waals surface area contributed by atoms with Crippen molar-refractivity contribution in [3.05, 3.63) is 40.7 Å². The monoisotopic (exact) mass is 363 g/mol. The van der Waals surface area contributed by atoms with Crippen LogP contribution in [0.15, 0.2) is 24.4 Å². The molecule has 2 aromatic rings. The summed E-state index contributed by atoms with van der Waals surface area (Å²) >= 11 is 6.05. The first kappa shape index (κ1) is 17.7. The van der Waals surface area contributed by atoms with Crippen molar-refractivity contribution in [3.63, 3.8) is 0 Å². The Hall–Kier alpha value is -2.12. The van der Waals surface area contributed by atoms with E-state index in [2.05, 4.69) is 15.6 Å². The number of halogens is 1. The first-order valence-corrected chi connectivity index (χ1v) is 8.66. The largest absolute Gasteiger partial charge is 0.496 e. The van der Waals surface area contributed by atoms with E-state index < -0.39 is 0 Å². The smallest absolute Gasteiger partial charge is 0.276 e. The third-order valence-electron chi connectivity index (χ3n) is 4.41. The molecular weight excluding hydrogens is 342 g/mol. The minimum absolute atomic E-state index is 0.179. The molecule has 7 nitrogen and oxygen atoms in total. The summed E-state index contributed by atoms with van der Waals surface area (Å²) < 4.78 is 7.14. The lowest BCUT2D eigenvalue weighted by Gasteiger charge is -2.22. The van der Waals surface area contributed by atoms with Crippen LogP contribution < -0.4 is 10.1 Å². The molecular formula is C17H22ClN5O2. The third kappa shape index (κ3) is 4.11. The average molecular weight is 364 g/mol. The molecule has 0 spiro atoms. The number of amides is 1. The first-order valence-electron chi connectivity index (χ1n) is 8.29. The van der Waals surface area contributed by atoms with E-state index >= 15 is 0 Å². The van der Waals surface area contributed by atoms with Gasteiger partial charge >= 0.3 is 0 Å². The SMILES string of the molecule is COc1ccc(Cl)cc1CN(C)C(=O)c1cn(C2CCNCC2)nn1. The van der Waals surface area contributed by atoms with E-state index in [1.165, 1.54) is 0 Å². The van der Waals surface area contributed by atoms with Crippen LogP contribution in [0.4, 0.5) is 0 Å². The maximum Gasteiger partial charge on any atom is 0.276 e. The highest BCUT2D eigenvalue weighted by atomic mass is 35.5. The van der Waals surface area contributed by atoms with Crippen molar-refractivity contribution in [1.29, 1.82) is 0 Å². The van der Waals surface area contributed by atoms with Crippen molar-refractivity contribution in [2.45, 2.75) is 25.4 Å². The van der Waals surface area contributed by atoms with E-state index in [4.69, 9.17) is 16.3 Å². The minimum atomic E-state index is -0.179. The minimum Gasteiger partial charge on any atom is -0.496 e. The maximum atomic E-state index is 12.7. The summed E-state index contributed by atoms with van der Waals surface area (Å²) in [5.74, 6) is 0.518. The van der Waals surface area contributed by atoms with E-state index in [-0.39, 0.29) is 5.91 Å². The Morgan fingerprint density at radius 3 is 2.92 bits per heavy atom. The van der Waals surface area contributed by atoms with Crippen molar-refractivity contribution < 1.29 is 9.53 Å². The number of rotatable bonds is 5. The lowest BCUT2D eigenvalue weighted by molar-refractivity contribution is 0.0778. The van der Waals surface area contributed by atoms with Gasteiger partial charge < -0.3 is 15.0 Å². The van der Waals surface area contributed by atoms with Gasteiger partial charge in [0.25, 0.3) is 5.91 Å². The fourth-order valence-electron chi connectivity index (χ4n) is 3.02. The zero-order valence-electron chi connectivity index (χ0n) is 14.4. The van der Waals surface area contributed by atoms with Gasteiger partial charge in [-0.2, -0.15) is 0 Å². The molecule has 0 bridgehead atoms. The number of hydrogen-bond acceptors (Lipinski definition) is 5. The summed E-state index contributed by atoms with van der Waals surface area (Å²) in [4.78, 5) is 14.2. The number of aromatic nitrogens is 3. The summed E-state index contributed by atoms with van der Waals surface area (Å²) in [7, 11) is 3.32. The molecule has 0 saturated carbocycles. The average Bonchev–Trinajstić information content (AvgIpc) is 3.12. The zero-order chi connectivity index (χ0) is 17.8. The van der Waals surface area contributed by atoms with Crippen LogP contribution in [-0.4, -0.2) is 53.0 Å². The molecule has 3 rings (SSSR count). The zero-order valence-corrected chi connectivity index (χ0v) is 15.2. The number of nitrogens with one attached hydrogen (secondary N) is 1. The normalized spacial score (nSPS) is 15.2. The Morgan fingerprint density at radius 2 is 2.20 bits per heavy atom. The standard InChI is InChI=1S/C17H22ClN5O2/c1-22(10-12-9-13(18)3-4-16(12)25-2)17(24)15-11-23(21-20-15)14-5-7-19-8-6-14/h3-4,9,11,14,19H,5-8,10H2,1-2H3. The van der Waals surface area contributed by atoms with Gasteiger partial charge in [0.2, 0.25) is 0 Å². The van der Waals surface area contributed by atoms with Gasteiger partial charge in [0.15, 0.2) is 5.69 Å². The first-order chi connectivity index (χ1) is 12.1. The highest BCUT2D eigenvalue weighted by molar-refractivity contribution is 6.30. The van der Waals surface area contributed by atoms with Crippen LogP contribution in [0, 0.1) is 0 Å². The summed E-state index contributed by atoms with van der Waals surface area (Å²) in [6, 6.07) is 5.66. The van der Waals surface area contributed by atoms with Gasteiger partial charge in [-0.15, -0.1) is 5.10 Å². The molecule has 1 fully saturated rings. The van der Waals surface area contributed by atoms with Crippen molar-refractivity contribution in [3.8, 4) is 5.75 Å². The van der Waals surface area contributed by atoms with Gasteiger partial charge in [-0.25, -0.2) is 4.68 Å². The molecule has 0 radical (unpaired) electrons. The van der Waals surface area contributed by atoms with Gasteiger partial charge in [0.05, 0.1) is 19.3 Å². The van der Waals surface area contributed by atoms with Crippen LogP contribution in [0.1, 0.15) is 34.9 Å². The predicted octanol–water partition coefficient (Wildman–Crippen LogP) is 2.14. The highest BCUT2D eigenvalue weighted by Crippen LogP contribution is 2.24. The lowest BCUT2D eigenvalue weighted by Crippen LogP contribution is -2.29. The van der Waals surface area contributed by atoms with Crippen LogP contribution in [0.25, 0.3) is 0 Å². The summed E-state index contributed by atoms with van der Waals surface area (Å²) in [6.07, 6.45) is 3.73. The molecule has 134 valence electrons. The Bertz CT molecular complexity index is 742. The van der Waals surface area contributed by atoms with E-state index in [1.807, 2.05) is 4.68 Å². The summed E-state index contributed by atoms with van der Waals surface area (Å²) in [5, 5.41) is 12.1. The molecule has 1 aliphatic rings.